The molecule has 0 aromatic heterocycles. The number of hydrogen-bond donors (Lipinski definition) is 1. The minimum Gasteiger partial charge on any atom is -0.373 e. The maximum Gasteiger partial charge on any atom is 0.0822 e. The first-order chi connectivity index (χ1) is 6.15. The van der Waals surface area contributed by atoms with Crippen molar-refractivity contribution in [2.24, 2.45) is 22.7 Å². The van der Waals surface area contributed by atoms with Gasteiger partial charge >= 0.3 is 0 Å². The molecule has 0 aromatic carbocycles. The third kappa shape index (κ3) is 2.71. The average Bonchev–Trinajstić information content (AvgIpc) is 2.02. The molecule has 1 aliphatic rings. The Bertz CT molecular complexity index is 165. The van der Waals surface area contributed by atoms with E-state index in [1.54, 1.807) is 0 Å². The van der Waals surface area contributed by atoms with Gasteiger partial charge in [-0.05, 0) is 30.6 Å². The minimum absolute atomic E-state index is 0.625. The topological polar surface area (TPSA) is 24.4 Å². The molecule has 0 amide bonds. The molecular weight excluding hydrogens is 160 g/mol. The van der Waals surface area contributed by atoms with Crippen LogP contribution in [0.15, 0.2) is 4.99 Å². The molecular formula is C11H22N2. The number of aliphatic imine (C=N–C) groups is 1. The smallest absolute Gasteiger partial charge is 0.0822 e. The maximum absolute atomic E-state index is 3.98. The van der Waals surface area contributed by atoms with Crippen LogP contribution in [-0.4, -0.2) is 19.4 Å². The normalized spacial score (nSPS) is 40.9. The van der Waals surface area contributed by atoms with E-state index >= 15 is 0 Å². The van der Waals surface area contributed by atoms with Crippen LogP contribution < -0.4 is 5.32 Å². The minimum atomic E-state index is 0.625. The number of nitrogens with zero attached hydrogens (tertiary/aromatic N) is 1. The molecule has 1 rings (SSSR count). The van der Waals surface area contributed by atoms with Gasteiger partial charge in [0.25, 0.3) is 0 Å². The van der Waals surface area contributed by atoms with Gasteiger partial charge in [0, 0.05) is 13.1 Å². The second-order valence-corrected chi connectivity index (χ2v) is 4.61. The zero-order chi connectivity index (χ0) is 9.84. The summed E-state index contributed by atoms with van der Waals surface area (Å²) in [5, 5.41) is 3.40. The largest absolute Gasteiger partial charge is 0.373 e. The molecule has 2 heteroatoms. The van der Waals surface area contributed by atoms with E-state index in [2.05, 4.69) is 31.1 Å². The van der Waals surface area contributed by atoms with E-state index in [9.17, 15) is 0 Å². The molecule has 1 aliphatic carbocycles. The summed E-state index contributed by atoms with van der Waals surface area (Å²) < 4.78 is 0. The number of hydrogen-bond acceptors (Lipinski definition) is 1. The Hall–Kier alpha value is -0.530. The van der Waals surface area contributed by atoms with Crippen LogP contribution in [0, 0.1) is 17.8 Å². The third-order valence-electron chi connectivity index (χ3n) is 3.17. The maximum atomic E-state index is 3.98. The van der Waals surface area contributed by atoms with Crippen LogP contribution in [0.3, 0.4) is 0 Å². The number of rotatable bonds is 2. The van der Waals surface area contributed by atoms with Crippen LogP contribution in [0.25, 0.3) is 0 Å². The number of nitrogens with one attached hydrogen (secondary N) is 1. The highest BCUT2D eigenvalue weighted by Crippen LogP contribution is 2.32. The van der Waals surface area contributed by atoms with Crippen LogP contribution in [0.5, 0.6) is 0 Å². The van der Waals surface area contributed by atoms with Crippen LogP contribution in [-0.2, 0) is 0 Å². The predicted molar refractivity (Wildman–Crippen MR) is 58.1 cm³/mol. The van der Waals surface area contributed by atoms with Crippen molar-refractivity contribution in [2.75, 3.05) is 7.05 Å². The van der Waals surface area contributed by atoms with Crippen molar-refractivity contribution in [1.29, 1.82) is 0 Å². The van der Waals surface area contributed by atoms with Crippen molar-refractivity contribution < 1.29 is 0 Å². The summed E-state index contributed by atoms with van der Waals surface area (Å²) in [5.74, 6) is 2.44. The summed E-state index contributed by atoms with van der Waals surface area (Å²) >= 11 is 0. The van der Waals surface area contributed by atoms with Crippen molar-refractivity contribution in [3.63, 3.8) is 0 Å². The van der Waals surface area contributed by atoms with Gasteiger partial charge in [0.05, 0.1) is 6.34 Å². The van der Waals surface area contributed by atoms with Gasteiger partial charge in [-0.15, -0.1) is 0 Å². The van der Waals surface area contributed by atoms with Crippen molar-refractivity contribution in [3.8, 4) is 0 Å². The lowest BCUT2D eigenvalue weighted by molar-refractivity contribution is 0.181. The summed E-state index contributed by atoms with van der Waals surface area (Å²) in [4.78, 5) is 3.98. The van der Waals surface area contributed by atoms with Gasteiger partial charge in [-0.2, -0.15) is 0 Å². The van der Waals surface area contributed by atoms with E-state index in [-0.39, 0.29) is 0 Å². The molecule has 1 saturated carbocycles. The van der Waals surface area contributed by atoms with Crippen molar-refractivity contribution in [1.82, 2.24) is 5.32 Å². The highest BCUT2D eigenvalue weighted by molar-refractivity contribution is 5.54. The van der Waals surface area contributed by atoms with Gasteiger partial charge in [0.1, 0.15) is 0 Å². The highest BCUT2D eigenvalue weighted by Gasteiger charge is 2.30. The lowest BCUT2D eigenvalue weighted by Gasteiger charge is -2.37. The Labute approximate surface area is 81.8 Å². The Morgan fingerprint density at radius 3 is 2.15 bits per heavy atom. The molecule has 1 fully saturated rings. The van der Waals surface area contributed by atoms with E-state index in [0.29, 0.717) is 6.04 Å². The zero-order valence-electron chi connectivity index (χ0n) is 9.25. The molecule has 0 bridgehead atoms. The van der Waals surface area contributed by atoms with E-state index in [1.807, 2.05) is 13.4 Å². The van der Waals surface area contributed by atoms with E-state index in [4.69, 9.17) is 0 Å². The molecule has 0 saturated heterocycles. The van der Waals surface area contributed by atoms with Crippen LogP contribution >= 0.6 is 0 Å². The lowest BCUT2D eigenvalue weighted by atomic mass is 9.74. The van der Waals surface area contributed by atoms with E-state index in [0.717, 1.165) is 17.8 Å². The van der Waals surface area contributed by atoms with Gasteiger partial charge in [-0.25, -0.2) is 0 Å². The SMILES string of the molecule is CN=CNC1C(C)CC(C)CC1C. The molecule has 2 atom stereocenters. The van der Waals surface area contributed by atoms with E-state index in [1.165, 1.54) is 12.8 Å². The second kappa shape index (κ2) is 4.64. The van der Waals surface area contributed by atoms with Gasteiger partial charge in [-0.3, -0.25) is 4.99 Å². The molecule has 0 aliphatic heterocycles. The average molecular weight is 182 g/mol. The third-order valence-corrected chi connectivity index (χ3v) is 3.17. The van der Waals surface area contributed by atoms with Crippen molar-refractivity contribution >= 4 is 6.34 Å². The second-order valence-electron chi connectivity index (χ2n) is 4.61. The highest BCUT2D eigenvalue weighted by atomic mass is 15.0. The summed E-state index contributed by atoms with van der Waals surface area (Å²) in [6.07, 6.45) is 4.53. The Morgan fingerprint density at radius 1 is 1.15 bits per heavy atom. The Balaban J connectivity index is 2.51. The quantitative estimate of drug-likeness (QED) is 0.514. The molecule has 0 spiro atoms. The molecule has 13 heavy (non-hydrogen) atoms. The van der Waals surface area contributed by atoms with Gasteiger partial charge in [0.15, 0.2) is 0 Å². The Morgan fingerprint density at radius 2 is 1.69 bits per heavy atom. The summed E-state index contributed by atoms with van der Waals surface area (Å²) in [6.45, 7) is 7.04. The van der Waals surface area contributed by atoms with Crippen molar-refractivity contribution in [2.45, 2.75) is 39.7 Å². The van der Waals surface area contributed by atoms with Gasteiger partial charge in [-0.1, -0.05) is 20.8 Å². The molecule has 0 aromatic rings. The van der Waals surface area contributed by atoms with Gasteiger partial charge < -0.3 is 5.32 Å². The monoisotopic (exact) mass is 182 g/mol. The molecule has 2 nitrogen and oxygen atoms in total. The van der Waals surface area contributed by atoms with E-state index < -0.39 is 0 Å². The van der Waals surface area contributed by atoms with Crippen LogP contribution in [0.2, 0.25) is 0 Å². The lowest BCUT2D eigenvalue weighted by Crippen LogP contribution is -2.43. The molecule has 0 heterocycles. The fraction of sp³-hybridized carbons (Fsp3) is 0.909. The first kappa shape index (κ1) is 10.6. The summed E-state index contributed by atoms with van der Waals surface area (Å²) in [5.41, 5.74) is 0. The first-order valence-corrected chi connectivity index (χ1v) is 5.31. The fourth-order valence-electron chi connectivity index (χ4n) is 2.71. The standard InChI is InChI=1S/C11H22N2/c1-8-5-9(2)11(10(3)6-8)13-7-12-4/h7-11H,5-6H2,1-4H3,(H,12,13). The molecule has 76 valence electrons. The molecule has 0 radical (unpaired) electrons. The molecule has 1 N–H and O–H groups in total. The predicted octanol–water partition coefficient (Wildman–Crippen LogP) is 2.30. The summed E-state index contributed by atoms with van der Waals surface area (Å²) in [7, 11) is 1.81. The van der Waals surface area contributed by atoms with Crippen molar-refractivity contribution in [3.05, 3.63) is 0 Å². The zero-order valence-corrected chi connectivity index (χ0v) is 9.25. The van der Waals surface area contributed by atoms with Gasteiger partial charge in [0.2, 0.25) is 0 Å². The Kier molecular flexibility index (Phi) is 3.76. The van der Waals surface area contributed by atoms with Crippen LogP contribution in [0.4, 0.5) is 0 Å². The summed E-state index contributed by atoms with van der Waals surface area (Å²) in [6, 6.07) is 0.625. The molecule has 2 unspecified atom stereocenters. The fourth-order valence-corrected chi connectivity index (χ4v) is 2.71. The first-order valence-electron chi connectivity index (χ1n) is 5.31. The van der Waals surface area contributed by atoms with Crippen LogP contribution in [0.1, 0.15) is 33.6 Å².